The van der Waals surface area contributed by atoms with E-state index in [1.54, 1.807) is 0 Å². The van der Waals surface area contributed by atoms with Crippen LogP contribution < -0.4 is 16.4 Å². The lowest BCUT2D eigenvalue weighted by Crippen LogP contribution is -2.47. The van der Waals surface area contributed by atoms with Crippen molar-refractivity contribution >= 4 is 45.8 Å². The maximum Gasteiger partial charge on any atom is 0.249 e. The Bertz CT molecular complexity index is 521. The molecule has 0 radical (unpaired) electrons. The van der Waals surface area contributed by atoms with E-state index in [1.165, 1.54) is 12.1 Å². The third-order valence-electron chi connectivity index (χ3n) is 2.66. The van der Waals surface area contributed by atoms with E-state index in [0.29, 0.717) is 21.4 Å². The molecule has 5 nitrogen and oxygen atoms in total. The van der Waals surface area contributed by atoms with Crippen LogP contribution in [-0.2, 0) is 9.59 Å². The number of imide groups is 1. The summed E-state index contributed by atoms with van der Waals surface area (Å²) in [6.07, 6.45) is 0.633. The molecule has 0 aromatic heterocycles. The first-order chi connectivity index (χ1) is 8.47. The summed E-state index contributed by atoms with van der Waals surface area (Å²) in [4.78, 5) is 22.5. The summed E-state index contributed by atoms with van der Waals surface area (Å²) < 4.78 is 13.8. The van der Waals surface area contributed by atoms with Gasteiger partial charge in [-0.3, -0.25) is 14.9 Å². The minimum atomic E-state index is -0.565. The van der Waals surface area contributed by atoms with Crippen molar-refractivity contribution in [2.24, 2.45) is 0 Å². The number of benzene rings is 1. The molecule has 1 aliphatic heterocycles. The molecule has 1 aromatic rings. The van der Waals surface area contributed by atoms with Gasteiger partial charge >= 0.3 is 0 Å². The van der Waals surface area contributed by atoms with Crippen LogP contribution in [0.4, 0.5) is 15.8 Å². The van der Waals surface area contributed by atoms with Crippen LogP contribution in [0.5, 0.6) is 0 Å². The Morgan fingerprint density at radius 1 is 1.44 bits per heavy atom. The predicted molar refractivity (Wildman–Crippen MR) is 73.3 cm³/mol. The van der Waals surface area contributed by atoms with E-state index in [2.05, 4.69) is 10.6 Å². The largest absolute Gasteiger partial charge is 0.397 e. The van der Waals surface area contributed by atoms with Gasteiger partial charge in [0.15, 0.2) is 0 Å². The number of carbonyl (C=O) groups is 2. The number of piperidine rings is 1. The predicted octanol–water partition coefficient (Wildman–Crippen LogP) is 1.23. The zero-order chi connectivity index (χ0) is 13.3. The average molecular weight is 363 g/mol. The summed E-state index contributed by atoms with van der Waals surface area (Å²) in [5, 5.41) is 5.07. The van der Waals surface area contributed by atoms with Gasteiger partial charge in [-0.25, -0.2) is 4.39 Å². The fraction of sp³-hybridized carbons (Fsp3) is 0.273. The Balaban J connectivity index is 2.17. The smallest absolute Gasteiger partial charge is 0.249 e. The number of hydrogen-bond donors (Lipinski definition) is 3. The first kappa shape index (κ1) is 13.1. The molecule has 4 N–H and O–H groups in total. The number of hydrogen-bond acceptors (Lipinski definition) is 4. The summed E-state index contributed by atoms with van der Waals surface area (Å²) in [7, 11) is 0. The molecular formula is C11H11FIN3O2. The van der Waals surface area contributed by atoms with Gasteiger partial charge in [0.1, 0.15) is 11.9 Å². The van der Waals surface area contributed by atoms with E-state index in [-0.39, 0.29) is 12.3 Å². The Morgan fingerprint density at radius 3 is 2.83 bits per heavy atom. The fourth-order valence-electron chi connectivity index (χ4n) is 1.71. The SMILES string of the molecule is Nc1cc(I)c(F)cc1NC1CCC(=O)NC1=O. The number of halogens is 2. The van der Waals surface area contributed by atoms with Crippen molar-refractivity contribution in [3.8, 4) is 0 Å². The highest BCUT2D eigenvalue weighted by atomic mass is 127. The second-order valence-electron chi connectivity index (χ2n) is 4.00. The lowest BCUT2D eigenvalue weighted by atomic mass is 10.1. The van der Waals surface area contributed by atoms with Gasteiger partial charge in [-0.2, -0.15) is 0 Å². The summed E-state index contributed by atoms with van der Waals surface area (Å²) in [5.41, 5.74) is 6.48. The molecule has 1 aliphatic rings. The Morgan fingerprint density at radius 2 is 2.17 bits per heavy atom. The Kier molecular flexibility index (Phi) is 3.69. The molecule has 0 spiro atoms. The Labute approximate surface area is 116 Å². The molecule has 1 atom stereocenters. The lowest BCUT2D eigenvalue weighted by Gasteiger charge is -2.23. The molecule has 2 amide bonds. The van der Waals surface area contributed by atoms with Gasteiger partial charge in [0.25, 0.3) is 0 Å². The number of anilines is 2. The van der Waals surface area contributed by atoms with E-state index in [9.17, 15) is 14.0 Å². The van der Waals surface area contributed by atoms with Gasteiger partial charge in [0.05, 0.1) is 14.9 Å². The van der Waals surface area contributed by atoms with Crippen LogP contribution in [0.15, 0.2) is 12.1 Å². The van der Waals surface area contributed by atoms with Crippen molar-refractivity contribution in [3.63, 3.8) is 0 Å². The topological polar surface area (TPSA) is 84.2 Å². The van der Waals surface area contributed by atoms with Gasteiger partial charge in [0.2, 0.25) is 11.8 Å². The highest BCUT2D eigenvalue weighted by Gasteiger charge is 2.26. The van der Waals surface area contributed by atoms with E-state index in [0.717, 1.165) is 0 Å². The highest BCUT2D eigenvalue weighted by molar-refractivity contribution is 14.1. The van der Waals surface area contributed by atoms with Crippen molar-refractivity contribution in [2.75, 3.05) is 11.1 Å². The molecule has 1 unspecified atom stereocenters. The highest BCUT2D eigenvalue weighted by Crippen LogP contribution is 2.25. The van der Waals surface area contributed by atoms with Crippen LogP contribution >= 0.6 is 22.6 Å². The zero-order valence-electron chi connectivity index (χ0n) is 9.30. The number of carbonyl (C=O) groups excluding carboxylic acids is 2. The third kappa shape index (κ3) is 2.71. The van der Waals surface area contributed by atoms with Gasteiger partial charge in [-0.05, 0) is 35.1 Å². The summed E-state index contributed by atoms with van der Waals surface area (Å²) >= 11 is 1.84. The summed E-state index contributed by atoms with van der Waals surface area (Å²) in [6.45, 7) is 0. The van der Waals surface area contributed by atoms with E-state index in [4.69, 9.17) is 5.73 Å². The second kappa shape index (κ2) is 5.09. The summed E-state index contributed by atoms with van der Waals surface area (Å²) in [6, 6.07) is 2.18. The van der Waals surface area contributed by atoms with Crippen LogP contribution in [0.25, 0.3) is 0 Å². The average Bonchev–Trinajstić information content (AvgIpc) is 2.29. The molecule has 96 valence electrons. The van der Waals surface area contributed by atoms with Crippen LogP contribution in [0.2, 0.25) is 0 Å². The maximum absolute atomic E-state index is 13.4. The maximum atomic E-state index is 13.4. The molecule has 2 rings (SSSR count). The van der Waals surface area contributed by atoms with Gasteiger partial charge in [0, 0.05) is 12.5 Å². The molecule has 1 saturated heterocycles. The number of nitrogen functional groups attached to an aromatic ring is 1. The van der Waals surface area contributed by atoms with E-state index >= 15 is 0 Å². The molecule has 0 bridgehead atoms. The molecule has 1 heterocycles. The van der Waals surface area contributed by atoms with Crippen molar-refractivity contribution in [1.29, 1.82) is 0 Å². The van der Waals surface area contributed by atoms with E-state index < -0.39 is 17.8 Å². The van der Waals surface area contributed by atoms with Crippen molar-refractivity contribution in [2.45, 2.75) is 18.9 Å². The molecule has 0 aliphatic carbocycles. The monoisotopic (exact) mass is 363 g/mol. The number of amides is 2. The first-order valence-corrected chi connectivity index (χ1v) is 6.40. The summed E-state index contributed by atoms with van der Waals surface area (Å²) in [5.74, 6) is -1.11. The van der Waals surface area contributed by atoms with Gasteiger partial charge in [-0.15, -0.1) is 0 Å². The number of nitrogens with one attached hydrogen (secondary N) is 2. The van der Waals surface area contributed by atoms with Crippen molar-refractivity contribution < 1.29 is 14.0 Å². The van der Waals surface area contributed by atoms with Crippen LogP contribution in [0, 0.1) is 9.39 Å². The van der Waals surface area contributed by atoms with Gasteiger partial charge < -0.3 is 11.1 Å². The molecule has 18 heavy (non-hydrogen) atoms. The second-order valence-corrected chi connectivity index (χ2v) is 5.16. The fourth-order valence-corrected chi connectivity index (χ4v) is 2.20. The lowest BCUT2D eigenvalue weighted by molar-refractivity contribution is -0.133. The van der Waals surface area contributed by atoms with Crippen molar-refractivity contribution in [1.82, 2.24) is 5.32 Å². The van der Waals surface area contributed by atoms with Crippen LogP contribution in [-0.4, -0.2) is 17.9 Å². The normalized spacial score (nSPS) is 19.6. The molecule has 1 aromatic carbocycles. The molecule has 7 heteroatoms. The standard InChI is InChI=1S/C11H11FIN3O2/c12-5-3-9(7(14)4-6(5)13)15-8-1-2-10(17)16-11(8)18/h3-4,8,15H,1-2,14H2,(H,16,17,18). The number of nitrogens with two attached hydrogens (primary N) is 1. The minimum Gasteiger partial charge on any atom is -0.397 e. The van der Waals surface area contributed by atoms with Gasteiger partial charge in [-0.1, -0.05) is 0 Å². The van der Waals surface area contributed by atoms with Crippen molar-refractivity contribution in [3.05, 3.63) is 21.5 Å². The van der Waals surface area contributed by atoms with Crippen LogP contribution in [0.3, 0.4) is 0 Å². The van der Waals surface area contributed by atoms with Crippen LogP contribution in [0.1, 0.15) is 12.8 Å². The minimum absolute atomic E-state index is 0.260. The first-order valence-electron chi connectivity index (χ1n) is 5.32. The quantitative estimate of drug-likeness (QED) is 0.419. The zero-order valence-corrected chi connectivity index (χ0v) is 11.5. The third-order valence-corrected chi connectivity index (χ3v) is 3.49. The van der Waals surface area contributed by atoms with E-state index in [1.807, 2.05) is 22.6 Å². The molecular weight excluding hydrogens is 352 g/mol. The molecule has 1 fully saturated rings. The molecule has 0 saturated carbocycles. The Hall–Kier alpha value is -1.38. The number of rotatable bonds is 2.